The molecule has 6 rings (SSSR count). The Morgan fingerprint density at radius 3 is 2.05 bits per heavy atom. The lowest BCUT2D eigenvalue weighted by molar-refractivity contribution is -0.438. The first-order valence-electron chi connectivity index (χ1n) is 39.0. The maximum Gasteiger partial charge on any atom is 0.326 e. The molecule has 3 aliphatic heterocycles. The highest BCUT2D eigenvalue weighted by Gasteiger charge is 2.45. The highest BCUT2D eigenvalue weighted by molar-refractivity contribution is 7.85. The summed E-state index contributed by atoms with van der Waals surface area (Å²) in [7, 11) is -4.03. The van der Waals surface area contributed by atoms with Crippen LogP contribution >= 0.6 is 0 Å². The Labute approximate surface area is 658 Å². The molecule has 8 amide bonds. The number of amides is 8. The highest BCUT2D eigenvalue weighted by Crippen LogP contribution is 2.48. The number of nitrogens with one attached hydrogen (secondary N) is 7. The van der Waals surface area contributed by atoms with Crippen molar-refractivity contribution < 1.29 is 75.6 Å². The number of fused-ring (bicyclic) bond motifs is 2. The van der Waals surface area contributed by atoms with Gasteiger partial charge in [0.05, 0.1) is 43.6 Å². The van der Waals surface area contributed by atoms with E-state index < -0.39 is 93.8 Å². The summed E-state index contributed by atoms with van der Waals surface area (Å²) < 4.78 is 45.8. The smallest absolute Gasteiger partial charge is 0.326 e. The Morgan fingerprint density at radius 2 is 1.38 bits per heavy atom. The summed E-state index contributed by atoms with van der Waals surface area (Å²) >= 11 is 0. The van der Waals surface area contributed by atoms with E-state index in [1.165, 1.54) is 39.6 Å². The molecule has 0 saturated carbocycles. The fourth-order valence-corrected chi connectivity index (χ4v) is 14.5. The standard InChI is InChI=1S/C80H120N16O15S/c1-9-54(4)69(73(102)91-62(75(104)105)51-53(2)3)92-71(100)61(52-55-35-37-56(97)38-36-55)90-72(101)65-31-24-45-96(65)74(103)60(89-70(99)59(81)27-22-39-86-76(82)83)28-23-40-87-77(84)93-78(106)88-42-47-111-49-48-110-46-41-85-68(98)34-14-11-19-43-94-63-29-17-15-25-57(63)79(5,6)66(94)32-12-10-13-33-67-80(7,8)58-26-16-18-30-64(58)95(67)44-20-21-50-112(107,108)109/h10,12-13,15-18,25-26,29-30,32-33,35-38,53-54,59-62,65,69H,9,11,14,19-24,27-28,31,34,39-52,81H2,1-8H3,(H15-,82,83,84,85,86,87,88,89,90,91,92,93,97,98,99,100,101,102,104,105,106,107,108,109)/p+1/t54-,59-,60-,61-,62-,65-,69-/m0/s1. The number of hydrogen-bond acceptors (Lipinski definition) is 17. The van der Waals surface area contributed by atoms with Crippen LogP contribution in [0.2, 0.25) is 0 Å². The van der Waals surface area contributed by atoms with Crippen molar-refractivity contribution in [3.63, 3.8) is 0 Å². The number of rotatable bonds is 47. The molecular formula is C80H121N16O15S+. The molecule has 3 aliphatic rings. The number of nitrogens with two attached hydrogens (primary N) is 4. The van der Waals surface area contributed by atoms with Crippen LogP contribution in [0.1, 0.15) is 162 Å². The number of carbonyl (C=O) groups is 8. The van der Waals surface area contributed by atoms with Crippen molar-refractivity contribution in [3.05, 3.63) is 126 Å². The van der Waals surface area contributed by atoms with Gasteiger partial charge in [-0.2, -0.15) is 13.0 Å². The van der Waals surface area contributed by atoms with E-state index in [0.717, 1.165) is 37.2 Å². The van der Waals surface area contributed by atoms with E-state index in [1.54, 1.807) is 19.1 Å². The Balaban J connectivity index is 0.917. The molecule has 0 spiro atoms. The van der Waals surface area contributed by atoms with Crippen molar-refractivity contribution in [1.82, 2.24) is 42.1 Å². The summed E-state index contributed by atoms with van der Waals surface area (Å²) in [6.45, 7) is 19.1. The van der Waals surface area contributed by atoms with Crippen LogP contribution in [-0.2, 0) is 70.4 Å². The van der Waals surface area contributed by atoms with Gasteiger partial charge < -0.3 is 84.3 Å². The number of benzene rings is 3. The Hall–Kier alpha value is -9.76. The molecule has 616 valence electrons. The number of aliphatic carboxylic acids is 1. The number of likely N-dealkylation sites (tertiary alicyclic amines) is 1. The molecule has 7 atom stereocenters. The van der Waals surface area contributed by atoms with Gasteiger partial charge in [-0.25, -0.2) is 9.59 Å². The van der Waals surface area contributed by atoms with Crippen LogP contribution in [0.25, 0.3) is 0 Å². The molecule has 0 aliphatic carbocycles. The van der Waals surface area contributed by atoms with Crippen LogP contribution in [0, 0.1) is 11.8 Å². The zero-order valence-corrected chi connectivity index (χ0v) is 67.0. The molecule has 112 heavy (non-hydrogen) atoms. The number of para-hydroxylation sites is 2. The van der Waals surface area contributed by atoms with Crippen LogP contribution in [0.4, 0.5) is 16.2 Å². The number of urea groups is 1. The molecule has 0 unspecified atom stereocenters. The molecule has 32 heteroatoms. The molecule has 3 aromatic carbocycles. The predicted molar refractivity (Wildman–Crippen MR) is 432 cm³/mol. The van der Waals surface area contributed by atoms with Gasteiger partial charge in [-0.15, -0.1) is 0 Å². The van der Waals surface area contributed by atoms with E-state index in [-0.39, 0.29) is 137 Å². The molecular weight excluding hydrogens is 1460 g/mol. The number of allylic oxidation sites excluding steroid dienone is 6. The summed E-state index contributed by atoms with van der Waals surface area (Å²) in [5.74, 6) is -5.93. The third-order valence-electron chi connectivity index (χ3n) is 20.2. The highest BCUT2D eigenvalue weighted by atomic mass is 32.2. The van der Waals surface area contributed by atoms with Crippen LogP contribution in [0.15, 0.2) is 119 Å². The van der Waals surface area contributed by atoms with Crippen molar-refractivity contribution in [2.75, 3.05) is 82.9 Å². The van der Waals surface area contributed by atoms with Gasteiger partial charge in [-0.05, 0) is 132 Å². The van der Waals surface area contributed by atoms with Crippen molar-refractivity contribution >= 4 is 86.6 Å². The van der Waals surface area contributed by atoms with Gasteiger partial charge in [-0.3, -0.25) is 48.6 Å². The molecule has 1 saturated heterocycles. The van der Waals surface area contributed by atoms with Crippen molar-refractivity contribution in [2.45, 2.75) is 199 Å². The Kier molecular flexibility index (Phi) is 36.7. The first kappa shape index (κ1) is 91.1. The lowest BCUT2D eigenvalue weighted by Gasteiger charge is -2.31. The number of phenolic OH excluding ortho intramolecular Hbond substituents is 1. The summed E-state index contributed by atoms with van der Waals surface area (Å²) in [4.78, 5) is 120. The first-order chi connectivity index (χ1) is 53.2. The average Bonchev–Trinajstić information content (AvgIpc) is 1.60. The largest absolute Gasteiger partial charge is 0.508 e. The number of hydrogen-bond donors (Lipinski definition) is 14. The van der Waals surface area contributed by atoms with Gasteiger partial charge in [0.2, 0.25) is 41.1 Å². The summed E-state index contributed by atoms with van der Waals surface area (Å²) in [5, 5.41) is 38.8. The van der Waals surface area contributed by atoms with Crippen LogP contribution in [0.5, 0.6) is 5.75 Å². The van der Waals surface area contributed by atoms with Gasteiger partial charge in [0.1, 0.15) is 42.5 Å². The van der Waals surface area contributed by atoms with Gasteiger partial charge in [-0.1, -0.05) is 115 Å². The third kappa shape index (κ3) is 28.8. The minimum atomic E-state index is -4.03. The van der Waals surface area contributed by atoms with Crippen LogP contribution in [-0.4, -0.2) is 212 Å². The number of aliphatic imine (C=N–C) groups is 2. The van der Waals surface area contributed by atoms with Gasteiger partial charge >= 0.3 is 12.0 Å². The first-order valence-corrected chi connectivity index (χ1v) is 40.6. The Morgan fingerprint density at radius 1 is 0.714 bits per heavy atom. The number of guanidine groups is 2. The second-order valence-electron chi connectivity index (χ2n) is 30.1. The zero-order chi connectivity index (χ0) is 82.1. The molecule has 3 heterocycles. The minimum absolute atomic E-state index is 0.00601. The topological polar surface area (TPSA) is 472 Å². The number of unbranched alkanes of at least 4 members (excludes halogenated alkanes) is 3. The summed E-state index contributed by atoms with van der Waals surface area (Å²) in [6, 6.07) is 14.9. The van der Waals surface area contributed by atoms with E-state index >= 15 is 0 Å². The number of aromatic hydroxyl groups is 1. The maximum atomic E-state index is 14.6. The average molecular weight is 1580 g/mol. The molecule has 0 radical (unpaired) electrons. The van der Waals surface area contributed by atoms with Crippen LogP contribution < -0.4 is 65.1 Å². The second kappa shape index (κ2) is 45.1. The van der Waals surface area contributed by atoms with E-state index in [9.17, 15) is 61.5 Å². The number of phenols is 1. The van der Waals surface area contributed by atoms with E-state index in [1.807, 2.05) is 39.0 Å². The monoisotopic (exact) mass is 1580 g/mol. The fraction of sp³-hybridized carbons (Fsp3) is 0.562. The fourth-order valence-electron chi connectivity index (χ4n) is 14.0. The minimum Gasteiger partial charge on any atom is -0.508 e. The molecule has 0 aromatic heterocycles. The number of anilines is 1. The predicted octanol–water partition coefficient (Wildman–Crippen LogP) is 5.06. The second-order valence-corrected chi connectivity index (χ2v) is 31.6. The van der Waals surface area contributed by atoms with Gasteiger partial charge in [0.15, 0.2) is 17.6 Å². The van der Waals surface area contributed by atoms with E-state index in [4.69, 9.17) is 32.4 Å². The van der Waals surface area contributed by atoms with E-state index in [2.05, 4.69) is 145 Å². The number of carboxylic acid groups (broad SMARTS) is 1. The maximum absolute atomic E-state index is 14.6. The lowest BCUT2D eigenvalue weighted by atomic mass is 9.81. The number of ether oxygens (including phenoxy) is 2. The number of nitrogens with zero attached hydrogens (tertiary/aromatic N) is 5. The number of carboxylic acids is 1. The van der Waals surface area contributed by atoms with Gasteiger partial charge in [0.25, 0.3) is 10.1 Å². The molecule has 0 bridgehead atoms. The third-order valence-corrected chi connectivity index (χ3v) is 21.0. The molecule has 1 fully saturated rings. The molecule has 3 aromatic rings. The van der Waals surface area contributed by atoms with Crippen molar-refractivity contribution in [3.8, 4) is 5.75 Å². The Bertz CT molecular complexity index is 3970. The van der Waals surface area contributed by atoms with Crippen LogP contribution in [0.3, 0.4) is 0 Å². The molecule has 31 nitrogen and oxygen atoms in total. The molecule has 18 N–H and O–H groups in total. The SMILES string of the molecule is CC[C@H](C)[C@H](NC(=O)[C@H](Cc1ccc(O)cc1)NC(=O)[C@@H]1CCCN1C(=O)[C@H](CCCN=C(N)NC(=O)NCCOCCOCCNC(=O)CCCCC[N+]1=C(/C=C/C=C/C=C2\N(CCCCS(=O)(=O)O)c3ccccc3C2(C)C)C(C)(C)c2ccccc21)NC(=O)[C@@H](N)CCCN=C(N)N)C(=O)N[C@@H](CC(C)C)C(=O)O. The van der Waals surface area contributed by atoms with Gasteiger partial charge in [0, 0.05) is 93.0 Å². The lowest BCUT2D eigenvalue weighted by Crippen LogP contribution is -2.60. The van der Waals surface area contributed by atoms with E-state index in [0.29, 0.717) is 57.2 Å². The quantitative estimate of drug-likeness (QED) is 0.00877. The zero-order valence-electron chi connectivity index (χ0n) is 66.2. The van der Waals surface area contributed by atoms with Crippen molar-refractivity contribution in [1.29, 1.82) is 0 Å². The summed E-state index contributed by atoms with van der Waals surface area (Å²) in [6.07, 6.45) is 16.0. The normalized spacial score (nSPS) is 17.2. The van der Waals surface area contributed by atoms with Crippen molar-refractivity contribution in [2.24, 2.45) is 44.8 Å². The summed E-state index contributed by atoms with van der Waals surface area (Å²) in [5.41, 5.74) is 30.3. The number of carbonyl (C=O) groups excluding carboxylic acids is 7.